The average molecular weight is 1990 g/mol. The number of fused-ring (bicyclic) bond motifs is 7. The van der Waals surface area contributed by atoms with Crippen LogP contribution in [0.3, 0.4) is 0 Å². The first kappa shape index (κ1) is 103. The lowest BCUT2D eigenvalue weighted by molar-refractivity contribution is -0.262. The Morgan fingerprint density at radius 2 is 0.650 bits per heavy atom. The Balaban J connectivity index is 0.000000146. The van der Waals surface area contributed by atoms with E-state index in [1.807, 2.05) is 218 Å². The molecule has 4 fully saturated rings. The summed E-state index contributed by atoms with van der Waals surface area (Å²) < 4.78 is 85.5. The molecule has 0 bridgehead atoms. The molecule has 4 unspecified atom stereocenters. The molecule has 32 nitrogen and oxygen atoms in total. The minimum absolute atomic E-state index is 0.155. The van der Waals surface area contributed by atoms with Gasteiger partial charge >= 0.3 is 53.7 Å². The van der Waals surface area contributed by atoms with Crippen molar-refractivity contribution < 1.29 is 135 Å². The van der Waals surface area contributed by atoms with E-state index in [1.54, 1.807) is 32.9 Å². The van der Waals surface area contributed by atoms with Crippen LogP contribution in [0.1, 0.15) is 163 Å². The average Bonchev–Trinajstić information content (AvgIpc) is 1.55. The van der Waals surface area contributed by atoms with Gasteiger partial charge in [-0.15, -0.1) is 34.0 Å². The number of hydrogen-bond donors (Lipinski definition) is 4. The number of benzene rings is 7. The number of ketones is 1. The van der Waals surface area contributed by atoms with E-state index in [2.05, 4.69) is 24.3 Å². The fourth-order valence-corrected chi connectivity index (χ4v) is 21.2. The summed E-state index contributed by atoms with van der Waals surface area (Å²) in [6, 6.07) is 64.2. The number of thiophene rings is 3. The summed E-state index contributed by atoms with van der Waals surface area (Å²) in [7, 11) is 0. The van der Waals surface area contributed by atoms with E-state index < -0.39 is 183 Å². The Kier molecular flexibility index (Phi) is 33.9. The molecule has 11 heterocycles. The molecule has 36 heteroatoms. The van der Waals surface area contributed by atoms with Crippen molar-refractivity contribution in [3.05, 3.63) is 251 Å². The molecule has 7 aromatic carbocycles. The van der Waals surface area contributed by atoms with Gasteiger partial charge in [0, 0.05) is 129 Å². The minimum Gasteiger partial charge on any atom is -0.456 e. The predicted molar refractivity (Wildman–Crippen MR) is 521 cm³/mol. The lowest BCUT2D eigenvalue weighted by Gasteiger charge is -2.45. The molecule has 14 aromatic rings. The molecule has 140 heavy (non-hydrogen) atoms. The van der Waals surface area contributed by atoms with Crippen molar-refractivity contribution in [2.45, 2.75) is 231 Å². The quantitative estimate of drug-likeness (QED) is 0.0212. The highest BCUT2D eigenvalue weighted by molar-refractivity contribution is 7.22. The summed E-state index contributed by atoms with van der Waals surface area (Å²) in [5.74, 6) is -5.37. The molecular weight excluding hydrogens is 1880 g/mol. The molecule has 4 N–H and O–H groups in total. The van der Waals surface area contributed by atoms with Gasteiger partial charge in [-0.05, 0) is 136 Å². The van der Waals surface area contributed by atoms with Crippen LogP contribution < -0.4 is 0 Å². The topological polar surface area (TPSA) is 408 Å². The van der Waals surface area contributed by atoms with Gasteiger partial charge in [-0.25, -0.2) is 0 Å². The van der Waals surface area contributed by atoms with Gasteiger partial charge in [0.05, 0.1) is 38.4 Å². The third-order valence-electron chi connectivity index (χ3n) is 23.9. The van der Waals surface area contributed by atoms with E-state index in [4.69, 9.17) is 73.2 Å². The Labute approximate surface area is 820 Å². The number of carbonyl (C=O) groups is 11. The number of ether oxygens (including phenoxy) is 13. The van der Waals surface area contributed by atoms with Crippen LogP contribution in [-0.2, 0) is 111 Å². The van der Waals surface area contributed by atoms with E-state index in [1.165, 1.54) is 100.0 Å². The fourth-order valence-electron chi connectivity index (χ4n) is 18.1. The molecule has 4 aliphatic rings. The number of aromatic nitrogens is 4. The van der Waals surface area contributed by atoms with Crippen LogP contribution in [0.4, 0.5) is 0 Å². The standard InChI is InChI=1S/C30H29NO8S.C30H31NO7S.C21H25NO7.C14H17NO5.C9H5ClOS/c1-5-23-27(36-16(2)32)28(37-17(3)33)29(38-18(4)34)30(39-23)31-15-21(20-11-7-8-12-22(20)31)26(35)25-14-19-10-6-9-13-24(19)40-25;1-5-25-27(35-17(2)32)28(36-18(3)33)29(37-19(4)34)30(38-25)31-16-21(23-11-7-8-12-24(23)31)15-22-14-20-10-6-9-13-26(20)39-22;1-5-17-18(26-12(2)23)19(27-13(3)24)20(28-14(4)25)21(29-17)22-11-10-15-8-6-7-9-16(15)22;16-7-10-11(17)12(18)13(19)14(20-10)15-6-5-8-3-1-2-4-9(8)15;10-9(11)8-5-6-3-1-2-4-7(6)12-8/h6-15,23,27-30H,5H2,1-4H3;6-14,16,25,27-30H,5,15H2,1-4H3;6-11,17-21H,5H2,1-4H3;1-6,10-14,16-19H,7H2;1-5H/t23-,27-,28+,29-,30?;25-,27-,28+,29-,30?;17-,18-,19+,20-,21?;10-,11-,12+,13-,14?;/m1111./s1. The lowest BCUT2D eigenvalue weighted by Crippen LogP contribution is -2.59. The minimum atomic E-state index is -1.37. The van der Waals surface area contributed by atoms with E-state index in [0.29, 0.717) is 51.9 Å². The van der Waals surface area contributed by atoms with Gasteiger partial charge in [0.1, 0.15) is 42.7 Å². The number of para-hydroxylation sites is 4. The normalized spacial score (nSPS) is 24.2. The van der Waals surface area contributed by atoms with Gasteiger partial charge in [0.25, 0.3) is 5.24 Å². The van der Waals surface area contributed by atoms with Crippen LogP contribution in [0.15, 0.2) is 225 Å². The lowest BCUT2D eigenvalue weighted by atomic mass is 9.95. The molecule has 20 atom stereocenters. The number of carbonyl (C=O) groups excluding carboxylic acids is 11. The van der Waals surface area contributed by atoms with Gasteiger partial charge < -0.3 is 100 Å². The molecule has 0 spiro atoms. The number of hydrogen-bond acceptors (Lipinski definition) is 31. The van der Waals surface area contributed by atoms with Gasteiger partial charge in [-0.2, -0.15) is 0 Å². The first-order valence-electron chi connectivity index (χ1n) is 45.4. The summed E-state index contributed by atoms with van der Waals surface area (Å²) in [5, 5.41) is 45.5. The SMILES string of the molecule is CC[C@H]1OC(n2cc(C(=O)c3cc4ccccc4s3)c3ccccc32)[C@H](OC(C)=O)[C@@H](OC(C)=O)[C@@H]1OC(C)=O.CC[C@H]1OC(n2cc(Cc3cc4ccccc4s3)c3ccccc32)[C@H](OC(C)=O)[C@@H](OC(C)=O)[C@@H]1OC(C)=O.CC[C@H]1OC(n2ccc3ccccc32)[C@H](OC(C)=O)[C@@H](OC(C)=O)[C@@H]1OC(C)=O.O=C(Cl)c1cc2ccccc2s1.OC[C@H]1OC(n2ccc3ccccc32)[C@H](O)[C@@H](O)[C@@H]1O. The first-order chi connectivity index (χ1) is 67.1. The zero-order chi connectivity index (χ0) is 100. The zero-order valence-electron chi connectivity index (χ0n) is 78.4. The number of aliphatic hydroxyl groups is 4. The smallest absolute Gasteiger partial charge is 0.303 e. The Morgan fingerprint density at radius 1 is 0.329 bits per heavy atom. The maximum absolute atomic E-state index is 13.8. The zero-order valence-corrected chi connectivity index (χ0v) is 81.6. The number of aliphatic hydroxyl groups excluding tert-OH is 4. The van der Waals surface area contributed by atoms with E-state index >= 15 is 0 Å². The van der Waals surface area contributed by atoms with Crippen LogP contribution >= 0.6 is 45.6 Å². The van der Waals surface area contributed by atoms with Crippen LogP contribution in [0.25, 0.3) is 73.9 Å². The van der Waals surface area contributed by atoms with Gasteiger partial charge in [0.15, 0.2) is 79.8 Å². The van der Waals surface area contributed by atoms with Crippen LogP contribution in [0, 0.1) is 0 Å². The van der Waals surface area contributed by atoms with Crippen molar-refractivity contribution in [3.63, 3.8) is 0 Å². The Morgan fingerprint density at radius 3 is 1.05 bits per heavy atom. The third-order valence-corrected chi connectivity index (χ3v) is 27.6. The molecule has 4 aliphatic heterocycles. The van der Waals surface area contributed by atoms with Crippen molar-refractivity contribution in [2.24, 2.45) is 0 Å². The van der Waals surface area contributed by atoms with Crippen molar-refractivity contribution in [2.75, 3.05) is 6.61 Å². The summed E-state index contributed by atoms with van der Waals surface area (Å²) in [4.78, 5) is 135. The highest BCUT2D eigenvalue weighted by atomic mass is 35.5. The molecule has 736 valence electrons. The second-order valence-electron chi connectivity index (χ2n) is 33.7. The molecule has 0 amide bonds. The fraction of sp³-hybridized carbons (Fsp3) is 0.356. The maximum Gasteiger partial charge on any atom is 0.303 e. The maximum atomic E-state index is 13.8. The summed E-state index contributed by atoms with van der Waals surface area (Å²) in [6.07, 6.45) is -10.0. The Bertz CT molecular complexity index is 6750. The highest BCUT2D eigenvalue weighted by Crippen LogP contribution is 2.45. The second kappa shape index (κ2) is 46.0. The summed E-state index contributed by atoms with van der Waals surface area (Å²) in [5.41, 5.74) is 4.80. The monoisotopic (exact) mass is 1990 g/mol. The molecule has 7 aromatic heterocycles. The molecule has 0 radical (unpaired) electrons. The summed E-state index contributed by atoms with van der Waals surface area (Å²) >= 11 is 9.94. The molecule has 0 aliphatic carbocycles. The molecule has 18 rings (SSSR count). The summed E-state index contributed by atoms with van der Waals surface area (Å²) in [6.45, 7) is 16.5. The van der Waals surface area contributed by atoms with E-state index in [-0.39, 0.29) is 11.0 Å². The molecular formula is C104H107ClN4O28S3. The van der Waals surface area contributed by atoms with Crippen LogP contribution in [0.5, 0.6) is 0 Å². The number of halogens is 1. The molecule has 4 saturated heterocycles. The second-order valence-corrected chi connectivity index (χ2v) is 37.4. The third kappa shape index (κ3) is 23.5. The van der Waals surface area contributed by atoms with E-state index in [0.717, 1.165) is 58.4 Å². The van der Waals surface area contributed by atoms with Crippen molar-refractivity contribution in [1.29, 1.82) is 0 Å². The molecule has 0 saturated carbocycles. The largest absolute Gasteiger partial charge is 0.456 e. The van der Waals surface area contributed by atoms with Crippen molar-refractivity contribution >= 4 is 184 Å². The predicted octanol–water partition coefficient (Wildman–Crippen LogP) is 16.4. The number of nitrogens with zero attached hydrogens (tertiary/aromatic N) is 4. The van der Waals surface area contributed by atoms with Crippen molar-refractivity contribution in [1.82, 2.24) is 18.3 Å². The van der Waals surface area contributed by atoms with Gasteiger partial charge in [0.2, 0.25) is 5.78 Å². The first-order valence-corrected chi connectivity index (χ1v) is 48.3. The van der Waals surface area contributed by atoms with Gasteiger partial charge in [-0.3, -0.25) is 52.7 Å². The number of rotatable bonds is 22. The van der Waals surface area contributed by atoms with Gasteiger partial charge in [-0.1, -0.05) is 148 Å². The van der Waals surface area contributed by atoms with Crippen LogP contribution in [-0.4, -0.2) is 208 Å². The van der Waals surface area contributed by atoms with E-state index in [9.17, 15) is 73.2 Å². The highest BCUT2D eigenvalue weighted by Gasteiger charge is 2.56. The Hall–Kier alpha value is -12.9. The van der Waals surface area contributed by atoms with Crippen LogP contribution in [0.2, 0.25) is 0 Å². The van der Waals surface area contributed by atoms with Crippen molar-refractivity contribution in [3.8, 4) is 0 Å². The number of esters is 9.